The summed E-state index contributed by atoms with van der Waals surface area (Å²) in [4.78, 5) is 26.8. The zero-order valence-corrected chi connectivity index (χ0v) is 14.5. The van der Waals surface area contributed by atoms with Gasteiger partial charge in [-0.15, -0.1) is 0 Å². The van der Waals surface area contributed by atoms with Crippen molar-refractivity contribution in [2.75, 3.05) is 26.0 Å². The smallest absolute Gasteiger partial charge is 0.225 e. The molecule has 26 heavy (non-hydrogen) atoms. The fourth-order valence-corrected chi connectivity index (χ4v) is 3.21. The van der Waals surface area contributed by atoms with E-state index in [1.54, 1.807) is 17.0 Å². The van der Waals surface area contributed by atoms with E-state index in [1.807, 2.05) is 0 Å². The van der Waals surface area contributed by atoms with E-state index in [9.17, 15) is 14.0 Å². The minimum absolute atomic E-state index is 0.112. The van der Waals surface area contributed by atoms with Crippen LogP contribution in [0.15, 0.2) is 30.5 Å². The summed E-state index contributed by atoms with van der Waals surface area (Å²) in [6.07, 6.45) is 2.95. The lowest BCUT2D eigenvalue weighted by atomic mass is 10.0. The fourth-order valence-electron chi connectivity index (χ4n) is 3.21. The molecule has 1 aromatic heterocycles. The first-order chi connectivity index (χ1) is 12.5. The molecule has 8 heteroatoms. The Balaban J connectivity index is 1.83. The minimum Gasteiger partial charge on any atom is -0.384 e. The number of likely N-dealkylation sites (tertiary alicyclic amines) is 1. The number of amides is 1. The molecule has 1 aliphatic rings. The number of ketones is 1. The first-order valence-corrected chi connectivity index (χ1v) is 8.45. The lowest BCUT2D eigenvalue weighted by Crippen LogP contribution is -2.41. The average Bonchev–Trinajstić information content (AvgIpc) is 3.26. The van der Waals surface area contributed by atoms with Crippen LogP contribution in [0, 0.1) is 5.82 Å². The molecule has 1 atom stereocenters. The Kier molecular flexibility index (Phi) is 5.32. The summed E-state index contributed by atoms with van der Waals surface area (Å²) in [5.41, 5.74) is 6.76. The van der Waals surface area contributed by atoms with Gasteiger partial charge in [-0.2, -0.15) is 5.10 Å². The molecule has 2 aromatic rings. The Labute approximate surface area is 150 Å². The SMILES string of the molecule is COCCC(=O)N1CCC[C@@H]1C(=O)c1cnn(-c2cccc(F)c2)c1N. The quantitative estimate of drug-likeness (QED) is 0.794. The molecule has 0 saturated carbocycles. The predicted molar refractivity (Wildman–Crippen MR) is 93.5 cm³/mol. The van der Waals surface area contributed by atoms with Crippen LogP contribution in [0.25, 0.3) is 5.69 Å². The fraction of sp³-hybridized carbons (Fsp3) is 0.389. The monoisotopic (exact) mass is 360 g/mol. The second kappa shape index (κ2) is 7.65. The predicted octanol–water partition coefficient (Wildman–Crippen LogP) is 1.80. The largest absolute Gasteiger partial charge is 0.384 e. The number of carbonyl (C=O) groups is 2. The van der Waals surface area contributed by atoms with Gasteiger partial charge in [0, 0.05) is 13.7 Å². The van der Waals surface area contributed by atoms with Crippen LogP contribution in [0.4, 0.5) is 10.2 Å². The van der Waals surface area contributed by atoms with Gasteiger partial charge in [0.05, 0.1) is 36.5 Å². The van der Waals surface area contributed by atoms with Gasteiger partial charge in [-0.3, -0.25) is 9.59 Å². The molecule has 1 aliphatic heterocycles. The number of halogens is 1. The van der Waals surface area contributed by atoms with E-state index in [0.29, 0.717) is 25.3 Å². The van der Waals surface area contributed by atoms with E-state index in [4.69, 9.17) is 10.5 Å². The minimum atomic E-state index is -0.549. The van der Waals surface area contributed by atoms with Gasteiger partial charge in [0.15, 0.2) is 5.78 Å². The van der Waals surface area contributed by atoms with Crippen molar-refractivity contribution >= 4 is 17.5 Å². The number of anilines is 1. The van der Waals surface area contributed by atoms with E-state index < -0.39 is 11.9 Å². The van der Waals surface area contributed by atoms with Crippen LogP contribution in [-0.2, 0) is 9.53 Å². The Morgan fingerprint density at radius 1 is 1.42 bits per heavy atom. The van der Waals surface area contributed by atoms with Crippen molar-refractivity contribution in [2.45, 2.75) is 25.3 Å². The van der Waals surface area contributed by atoms with Gasteiger partial charge in [-0.25, -0.2) is 9.07 Å². The standard InChI is InChI=1S/C18H21FN4O3/c1-26-9-7-16(24)22-8-3-6-15(22)17(25)14-11-21-23(18(14)20)13-5-2-4-12(19)10-13/h2,4-5,10-11,15H,3,6-9,20H2,1H3/t15-/m1/s1. The lowest BCUT2D eigenvalue weighted by Gasteiger charge is -2.23. The van der Waals surface area contributed by atoms with Crippen LogP contribution in [0.5, 0.6) is 0 Å². The summed E-state index contributed by atoms with van der Waals surface area (Å²) in [5, 5.41) is 4.12. The van der Waals surface area contributed by atoms with Gasteiger partial charge in [-0.05, 0) is 31.0 Å². The number of nitrogens with two attached hydrogens (primary N) is 1. The normalized spacial score (nSPS) is 16.8. The highest BCUT2D eigenvalue weighted by molar-refractivity contribution is 6.05. The van der Waals surface area contributed by atoms with Crippen LogP contribution in [0.1, 0.15) is 29.6 Å². The summed E-state index contributed by atoms with van der Waals surface area (Å²) >= 11 is 0. The van der Waals surface area contributed by atoms with Crippen LogP contribution >= 0.6 is 0 Å². The molecule has 0 unspecified atom stereocenters. The maximum Gasteiger partial charge on any atom is 0.225 e. The third kappa shape index (κ3) is 3.45. The molecule has 138 valence electrons. The third-order valence-corrected chi connectivity index (χ3v) is 4.52. The topological polar surface area (TPSA) is 90.5 Å². The van der Waals surface area contributed by atoms with Gasteiger partial charge in [0.25, 0.3) is 0 Å². The number of rotatable bonds is 6. The van der Waals surface area contributed by atoms with Gasteiger partial charge in [-0.1, -0.05) is 6.07 Å². The zero-order valence-electron chi connectivity index (χ0n) is 14.5. The van der Waals surface area contributed by atoms with Crippen LogP contribution < -0.4 is 5.73 Å². The second-order valence-corrected chi connectivity index (χ2v) is 6.19. The van der Waals surface area contributed by atoms with Crippen molar-refractivity contribution < 1.29 is 18.7 Å². The summed E-state index contributed by atoms with van der Waals surface area (Å²) < 4.78 is 19.7. The number of hydrogen-bond acceptors (Lipinski definition) is 5. The number of methoxy groups -OCH3 is 1. The number of Topliss-reactive ketones (excluding diaryl/α,β-unsaturated/α-hetero) is 1. The van der Waals surface area contributed by atoms with Crippen LogP contribution in [-0.4, -0.2) is 52.7 Å². The maximum absolute atomic E-state index is 13.4. The van der Waals surface area contributed by atoms with Gasteiger partial charge >= 0.3 is 0 Å². The summed E-state index contributed by atoms with van der Waals surface area (Å²) in [5.74, 6) is -0.639. The highest BCUT2D eigenvalue weighted by Crippen LogP contribution is 2.26. The number of benzene rings is 1. The van der Waals surface area contributed by atoms with Crippen molar-refractivity contribution in [3.63, 3.8) is 0 Å². The van der Waals surface area contributed by atoms with E-state index in [-0.39, 0.29) is 29.5 Å². The number of carbonyl (C=O) groups excluding carboxylic acids is 2. The van der Waals surface area contributed by atoms with E-state index in [1.165, 1.54) is 30.1 Å². The molecule has 3 rings (SSSR count). The van der Waals surface area contributed by atoms with Gasteiger partial charge < -0.3 is 15.4 Å². The highest BCUT2D eigenvalue weighted by Gasteiger charge is 2.35. The average molecular weight is 360 g/mol. The molecule has 1 aromatic carbocycles. The van der Waals surface area contributed by atoms with Crippen molar-refractivity contribution in [3.05, 3.63) is 41.8 Å². The molecule has 0 spiro atoms. The van der Waals surface area contributed by atoms with E-state index >= 15 is 0 Å². The third-order valence-electron chi connectivity index (χ3n) is 4.52. The van der Waals surface area contributed by atoms with Gasteiger partial charge in [0.1, 0.15) is 11.6 Å². The summed E-state index contributed by atoms with van der Waals surface area (Å²) in [6, 6.07) is 5.24. The number of hydrogen-bond donors (Lipinski definition) is 1. The van der Waals surface area contributed by atoms with Gasteiger partial charge in [0.2, 0.25) is 5.91 Å². The summed E-state index contributed by atoms with van der Waals surface area (Å²) in [7, 11) is 1.53. The van der Waals surface area contributed by atoms with Crippen LogP contribution in [0.3, 0.4) is 0 Å². The molecule has 1 fully saturated rings. The van der Waals surface area contributed by atoms with Crippen molar-refractivity contribution in [1.29, 1.82) is 0 Å². The zero-order chi connectivity index (χ0) is 18.7. The Hall–Kier alpha value is -2.74. The van der Waals surface area contributed by atoms with Crippen molar-refractivity contribution in [2.24, 2.45) is 0 Å². The van der Waals surface area contributed by atoms with Crippen molar-refractivity contribution in [3.8, 4) is 5.69 Å². The maximum atomic E-state index is 13.4. The van der Waals surface area contributed by atoms with E-state index in [2.05, 4.69) is 5.10 Å². The highest BCUT2D eigenvalue weighted by atomic mass is 19.1. The molecular weight excluding hydrogens is 339 g/mol. The lowest BCUT2D eigenvalue weighted by molar-refractivity contribution is -0.132. The Bertz CT molecular complexity index is 821. The van der Waals surface area contributed by atoms with E-state index in [0.717, 1.165) is 6.42 Å². The second-order valence-electron chi connectivity index (χ2n) is 6.19. The number of nitrogens with zero attached hydrogens (tertiary/aromatic N) is 3. The molecule has 7 nitrogen and oxygen atoms in total. The Morgan fingerprint density at radius 2 is 2.23 bits per heavy atom. The van der Waals surface area contributed by atoms with Crippen LogP contribution in [0.2, 0.25) is 0 Å². The molecule has 2 heterocycles. The molecule has 2 N–H and O–H groups in total. The molecule has 0 radical (unpaired) electrons. The molecule has 1 amide bonds. The Morgan fingerprint density at radius 3 is 2.96 bits per heavy atom. The first-order valence-electron chi connectivity index (χ1n) is 8.45. The number of nitrogen functional groups attached to an aromatic ring is 1. The molecule has 0 bridgehead atoms. The number of ether oxygens (including phenoxy) is 1. The molecular formula is C18H21FN4O3. The van der Waals surface area contributed by atoms with Crippen molar-refractivity contribution in [1.82, 2.24) is 14.7 Å². The first kappa shape index (κ1) is 18.1. The molecule has 1 saturated heterocycles. The molecule has 0 aliphatic carbocycles. The number of aromatic nitrogens is 2. The summed E-state index contributed by atoms with van der Waals surface area (Å²) in [6.45, 7) is 0.854.